The maximum absolute atomic E-state index is 11.0. The lowest BCUT2D eigenvalue weighted by Crippen LogP contribution is -2.34. The number of carbonyl (C=O) groups is 2. The number of rotatable bonds is 7. The van der Waals surface area contributed by atoms with Crippen LogP contribution in [-0.2, 0) is 9.59 Å². The molecule has 0 fully saturated rings. The Balaban J connectivity index is 3.55. The van der Waals surface area contributed by atoms with Gasteiger partial charge in [0.25, 0.3) is 0 Å². The highest BCUT2D eigenvalue weighted by molar-refractivity contribution is 5.92. The number of nitrogens with two attached hydrogens (primary N) is 1. The second-order valence-corrected chi connectivity index (χ2v) is 3.75. The molecular weight excluding hydrogens is 192 g/mol. The van der Waals surface area contributed by atoms with Gasteiger partial charge < -0.3 is 5.73 Å². The van der Waals surface area contributed by atoms with Crippen molar-refractivity contribution >= 4 is 11.8 Å². The predicted octanol–water partition coefficient (Wildman–Crippen LogP) is 1.29. The third-order valence-electron chi connectivity index (χ3n) is 2.35. The molecule has 0 saturated heterocycles. The molecule has 0 spiro atoms. The second kappa shape index (κ2) is 8.41. The molecule has 2 amide bonds. The van der Waals surface area contributed by atoms with Crippen molar-refractivity contribution in [3.05, 3.63) is 0 Å². The normalized spacial score (nSPS) is 10.1. The summed E-state index contributed by atoms with van der Waals surface area (Å²) in [6.07, 6.45) is 5.27. The standard InChI is InChI=1S/C11H22N2O2/c1-10(14)13(11(2)15)9-7-5-3-4-6-8-12/h3-9,12H2,1-2H3. The van der Waals surface area contributed by atoms with E-state index in [9.17, 15) is 9.59 Å². The topological polar surface area (TPSA) is 63.4 Å². The zero-order chi connectivity index (χ0) is 11.7. The van der Waals surface area contributed by atoms with Gasteiger partial charge in [-0.1, -0.05) is 19.3 Å². The summed E-state index contributed by atoms with van der Waals surface area (Å²) in [4.78, 5) is 23.4. The summed E-state index contributed by atoms with van der Waals surface area (Å²) in [5, 5.41) is 0. The summed E-state index contributed by atoms with van der Waals surface area (Å²) in [5.41, 5.74) is 5.37. The molecule has 4 nitrogen and oxygen atoms in total. The molecule has 88 valence electrons. The monoisotopic (exact) mass is 214 g/mol. The maximum Gasteiger partial charge on any atom is 0.226 e. The Labute approximate surface area is 91.8 Å². The SMILES string of the molecule is CC(=O)N(CCCCCCCN)C(C)=O. The third kappa shape index (κ3) is 7.08. The van der Waals surface area contributed by atoms with E-state index in [1.54, 1.807) is 0 Å². The fourth-order valence-electron chi connectivity index (χ4n) is 1.48. The molecule has 0 heterocycles. The molecule has 2 N–H and O–H groups in total. The highest BCUT2D eigenvalue weighted by Gasteiger charge is 2.11. The fourth-order valence-corrected chi connectivity index (χ4v) is 1.48. The molecule has 0 rings (SSSR count). The van der Waals surface area contributed by atoms with Gasteiger partial charge in [-0.3, -0.25) is 14.5 Å². The molecule has 0 aromatic carbocycles. The van der Waals surface area contributed by atoms with Crippen LogP contribution in [0, 0.1) is 0 Å². The van der Waals surface area contributed by atoms with Crippen molar-refractivity contribution in [2.75, 3.05) is 13.1 Å². The molecule has 0 aliphatic rings. The van der Waals surface area contributed by atoms with Gasteiger partial charge in [0.15, 0.2) is 0 Å². The summed E-state index contributed by atoms with van der Waals surface area (Å²) in [7, 11) is 0. The van der Waals surface area contributed by atoms with Gasteiger partial charge in [-0.15, -0.1) is 0 Å². The number of nitrogens with zero attached hydrogens (tertiary/aromatic N) is 1. The Hall–Kier alpha value is -0.900. The van der Waals surface area contributed by atoms with Crippen LogP contribution in [0.1, 0.15) is 46.0 Å². The lowest BCUT2D eigenvalue weighted by Gasteiger charge is -2.16. The van der Waals surface area contributed by atoms with Crippen molar-refractivity contribution in [3.8, 4) is 0 Å². The van der Waals surface area contributed by atoms with E-state index in [1.807, 2.05) is 0 Å². The summed E-state index contributed by atoms with van der Waals surface area (Å²) in [5.74, 6) is -0.325. The molecule has 0 atom stereocenters. The number of unbranched alkanes of at least 4 members (excludes halogenated alkanes) is 4. The summed E-state index contributed by atoms with van der Waals surface area (Å²) in [6.45, 7) is 4.14. The van der Waals surface area contributed by atoms with Crippen LogP contribution in [0.5, 0.6) is 0 Å². The molecular formula is C11H22N2O2. The number of carbonyl (C=O) groups excluding carboxylic acids is 2. The van der Waals surface area contributed by atoms with Gasteiger partial charge >= 0.3 is 0 Å². The molecule has 0 aliphatic heterocycles. The van der Waals surface area contributed by atoms with Crippen LogP contribution in [-0.4, -0.2) is 29.8 Å². The smallest absolute Gasteiger partial charge is 0.226 e. The Morgan fingerprint density at radius 3 is 1.87 bits per heavy atom. The van der Waals surface area contributed by atoms with E-state index in [0.717, 1.165) is 38.6 Å². The van der Waals surface area contributed by atoms with E-state index < -0.39 is 0 Å². The lowest BCUT2D eigenvalue weighted by molar-refractivity contribution is -0.142. The number of imide groups is 1. The highest BCUT2D eigenvalue weighted by atomic mass is 16.2. The first-order valence-electron chi connectivity index (χ1n) is 5.58. The zero-order valence-electron chi connectivity index (χ0n) is 9.79. The molecule has 0 aliphatic carbocycles. The van der Waals surface area contributed by atoms with Crippen molar-refractivity contribution in [1.29, 1.82) is 0 Å². The number of amides is 2. The molecule has 0 aromatic rings. The minimum Gasteiger partial charge on any atom is -0.330 e. The molecule has 0 unspecified atom stereocenters. The van der Waals surface area contributed by atoms with Gasteiger partial charge in [-0.25, -0.2) is 0 Å². The summed E-state index contributed by atoms with van der Waals surface area (Å²) >= 11 is 0. The van der Waals surface area contributed by atoms with Crippen LogP contribution < -0.4 is 5.73 Å². The van der Waals surface area contributed by atoms with E-state index in [2.05, 4.69) is 0 Å². The quantitative estimate of drug-likeness (QED) is 0.649. The average molecular weight is 214 g/mol. The maximum atomic E-state index is 11.0. The van der Waals surface area contributed by atoms with E-state index >= 15 is 0 Å². The Kier molecular flexibility index (Phi) is 7.91. The van der Waals surface area contributed by atoms with Gasteiger partial charge in [0.05, 0.1) is 0 Å². The van der Waals surface area contributed by atoms with Crippen LogP contribution in [0.3, 0.4) is 0 Å². The lowest BCUT2D eigenvalue weighted by atomic mass is 10.1. The minimum absolute atomic E-state index is 0.163. The first kappa shape index (κ1) is 14.1. The van der Waals surface area contributed by atoms with E-state index in [1.165, 1.54) is 18.7 Å². The van der Waals surface area contributed by atoms with Gasteiger partial charge in [-0.05, 0) is 19.4 Å². The van der Waals surface area contributed by atoms with Crippen molar-refractivity contribution in [2.24, 2.45) is 5.73 Å². The molecule has 0 bridgehead atoms. The minimum atomic E-state index is -0.163. The molecule has 15 heavy (non-hydrogen) atoms. The number of hydrogen-bond donors (Lipinski definition) is 1. The van der Waals surface area contributed by atoms with Gasteiger partial charge in [0.2, 0.25) is 11.8 Å². The first-order chi connectivity index (χ1) is 7.09. The molecule has 0 saturated carbocycles. The van der Waals surface area contributed by atoms with Crippen LogP contribution in [0.25, 0.3) is 0 Å². The second-order valence-electron chi connectivity index (χ2n) is 3.75. The van der Waals surface area contributed by atoms with Crippen LogP contribution >= 0.6 is 0 Å². The highest BCUT2D eigenvalue weighted by Crippen LogP contribution is 2.04. The summed E-state index contributed by atoms with van der Waals surface area (Å²) in [6, 6.07) is 0. The van der Waals surface area contributed by atoms with Crippen molar-refractivity contribution in [2.45, 2.75) is 46.0 Å². The third-order valence-corrected chi connectivity index (χ3v) is 2.35. The fraction of sp³-hybridized carbons (Fsp3) is 0.818. The van der Waals surface area contributed by atoms with E-state index in [4.69, 9.17) is 5.73 Å². The van der Waals surface area contributed by atoms with Gasteiger partial charge in [-0.2, -0.15) is 0 Å². The molecule has 0 aromatic heterocycles. The van der Waals surface area contributed by atoms with Crippen molar-refractivity contribution in [3.63, 3.8) is 0 Å². The molecule has 4 heteroatoms. The van der Waals surface area contributed by atoms with Gasteiger partial charge in [0.1, 0.15) is 0 Å². The van der Waals surface area contributed by atoms with Crippen molar-refractivity contribution < 1.29 is 9.59 Å². The first-order valence-corrected chi connectivity index (χ1v) is 5.58. The van der Waals surface area contributed by atoms with Crippen molar-refractivity contribution in [1.82, 2.24) is 4.90 Å². The van der Waals surface area contributed by atoms with E-state index in [0.29, 0.717) is 6.54 Å². The molecule has 0 radical (unpaired) electrons. The van der Waals surface area contributed by atoms with E-state index in [-0.39, 0.29) is 11.8 Å². The predicted molar refractivity (Wildman–Crippen MR) is 60.2 cm³/mol. The van der Waals surface area contributed by atoms with Crippen LogP contribution in [0.15, 0.2) is 0 Å². The Bertz CT molecular complexity index is 191. The number of hydrogen-bond acceptors (Lipinski definition) is 3. The largest absolute Gasteiger partial charge is 0.330 e. The Morgan fingerprint density at radius 2 is 1.40 bits per heavy atom. The van der Waals surface area contributed by atoms with Crippen LogP contribution in [0.4, 0.5) is 0 Å². The van der Waals surface area contributed by atoms with Crippen LogP contribution in [0.2, 0.25) is 0 Å². The van der Waals surface area contributed by atoms with Gasteiger partial charge in [0, 0.05) is 20.4 Å². The average Bonchev–Trinajstić information content (AvgIpc) is 2.15. The zero-order valence-corrected chi connectivity index (χ0v) is 9.79. The Morgan fingerprint density at radius 1 is 0.933 bits per heavy atom. The summed E-state index contributed by atoms with van der Waals surface area (Å²) < 4.78 is 0.